The number of likely N-dealkylation sites (tertiary alicyclic amines) is 1. The maximum Gasteiger partial charge on any atom is 0.219 e. The summed E-state index contributed by atoms with van der Waals surface area (Å²) in [5.74, 6) is 0.133. The Morgan fingerprint density at radius 3 is 2.68 bits per heavy atom. The molecule has 0 radical (unpaired) electrons. The molecule has 0 unspecified atom stereocenters. The highest BCUT2D eigenvalue weighted by molar-refractivity contribution is 7.80. The molecule has 1 heterocycles. The summed E-state index contributed by atoms with van der Waals surface area (Å²) in [6.07, 6.45) is 1.79. The Labute approximate surface area is 160 Å². The van der Waals surface area contributed by atoms with Crippen molar-refractivity contribution in [2.45, 2.75) is 32.7 Å². The van der Waals surface area contributed by atoms with Crippen LogP contribution in [0.15, 0.2) is 18.2 Å². The molecule has 1 N–H and O–H groups in total. The van der Waals surface area contributed by atoms with Gasteiger partial charge in [-0.05, 0) is 49.7 Å². The van der Waals surface area contributed by atoms with E-state index in [1.165, 1.54) is 0 Å². The van der Waals surface area contributed by atoms with Gasteiger partial charge in [0.25, 0.3) is 0 Å². The third-order valence-corrected chi connectivity index (χ3v) is 5.16. The second-order valence-corrected chi connectivity index (χ2v) is 7.13. The Bertz CT molecular complexity index is 618. The number of methoxy groups -OCH3 is 1. The number of anilines is 1. The molecule has 1 fully saturated rings. The number of halogens is 1. The first-order valence-electron chi connectivity index (χ1n) is 8.50. The van der Waals surface area contributed by atoms with Crippen molar-refractivity contribution in [1.29, 1.82) is 0 Å². The van der Waals surface area contributed by atoms with Crippen molar-refractivity contribution in [2.24, 2.45) is 0 Å². The van der Waals surface area contributed by atoms with Gasteiger partial charge in [0.1, 0.15) is 0 Å². The van der Waals surface area contributed by atoms with Crippen molar-refractivity contribution in [3.8, 4) is 0 Å². The molecule has 2 rings (SSSR count). The van der Waals surface area contributed by atoms with Crippen LogP contribution < -0.4 is 5.32 Å². The number of amides is 1. The number of nitrogens with one attached hydrogen (secondary N) is 1. The van der Waals surface area contributed by atoms with E-state index < -0.39 is 0 Å². The molecule has 1 amide bonds. The molecule has 25 heavy (non-hydrogen) atoms. The Morgan fingerprint density at radius 1 is 1.44 bits per heavy atom. The van der Waals surface area contributed by atoms with Crippen LogP contribution in [0.25, 0.3) is 0 Å². The molecule has 0 aromatic heterocycles. The van der Waals surface area contributed by atoms with Gasteiger partial charge in [0.2, 0.25) is 5.91 Å². The second-order valence-electron chi connectivity index (χ2n) is 6.34. The fourth-order valence-electron chi connectivity index (χ4n) is 3.04. The van der Waals surface area contributed by atoms with Gasteiger partial charge >= 0.3 is 0 Å². The molecular formula is C18H26ClN3O2S. The van der Waals surface area contributed by atoms with E-state index in [0.29, 0.717) is 23.3 Å². The average molecular weight is 384 g/mol. The molecule has 0 spiro atoms. The molecular weight excluding hydrogens is 358 g/mol. The van der Waals surface area contributed by atoms with Crippen LogP contribution in [-0.2, 0) is 9.53 Å². The first-order chi connectivity index (χ1) is 11.9. The van der Waals surface area contributed by atoms with Crippen LogP contribution in [0.5, 0.6) is 0 Å². The van der Waals surface area contributed by atoms with Crippen LogP contribution in [0.3, 0.4) is 0 Å². The van der Waals surface area contributed by atoms with Crippen molar-refractivity contribution >= 4 is 40.5 Å². The fourth-order valence-corrected chi connectivity index (χ4v) is 3.67. The van der Waals surface area contributed by atoms with Gasteiger partial charge in [0.05, 0.1) is 17.3 Å². The van der Waals surface area contributed by atoms with Crippen molar-refractivity contribution in [2.75, 3.05) is 38.7 Å². The predicted octanol–water partition coefficient (Wildman–Crippen LogP) is 3.30. The SMILES string of the molecule is COCCN(C(=S)Nc1ccc(C)cc1Cl)C1CCN(C(C)=O)CC1. The van der Waals surface area contributed by atoms with Gasteiger partial charge in [-0.15, -0.1) is 0 Å². The standard InChI is InChI=1S/C18H26ClN3O2S/c1-13-4-5-17(16(19)12-13)20-18(25)22(10-11-24-3)15-6-8-21(9-7-15)14(2)23/h4-5,12,15H,6-11H2,1-3H3,(H,20,25). The van der Waals surface area contributed by atoms with Crippen LogP contribution >= 0.6 is 23.8 Å². The van der Waals surface area contributed by atoms with E-state index in [0.717, 1.165) is 37.2 Å². The molecule has 1 aliphatic rings. The Balaban J connectivity index is 2.05. The predicted molar refractivity (Wildman–Crippen MR) is 106 cm³/mol. The van der Waals surface area contributed by atoms with Gasteiger partial charge in [0, 0.05) is 39.7 Å². The number of carbonyl (C=O) groups is 1. The number of hydrogen-bond acceptors (Lipinski definition) is 3. The second kappa shape index (κ2) is 9.36. The summed E-state index contributed by atoms with van der Waals surface area (Å²) in [6.45, 7) is 6.44. The van der Waals surface area contributed by atoms with Gasteiger partial charge in [-0.3, -0.25) is 4.79 Å². The van der Waals surface area contributed by atoms with E-state index in [4.69, 9.17) is 28.6 Å². The first kappa shape index (κ1) is 19.9. The zero-order valence-corrected chi connectivity index (χ0v) is 16.6. The van der Waals surface area contributed by atoms with E-state index in [-0.39, 0.29) is 11.9 Å². The van der Waals surface area contributed by atoms with E-state index >= 15 is 0 Å². The quantitative estimate of drug-likeness (QED) is 0.790. The Morgan fingerprint density at radius 2 is 2.12 bits per heavy atom. The molecule has 5 nitrogen and oxygen atoms in total. The van der Waals surface area contributed by atoms with Gasteiger partial charge in [-0.25, -0.2) is 0 Å². The highest BCUT2D eigenvalue weighted by Gasteiger charge is 2.27. The first-order valence-corrected chi connectivity index (χ1v) is 9.29. The minimum Gasteiger partial charge on any atom is -0.383 e. The number of piperidine rings is 1. The third kappa shape index (κ3) is 5.56. The number of rotatable bonds is 5. The van der Waals surface area contributed by atoms with Gasteiger partial charge in [0.15, 0.2) is 5.11 Å². The fraction of sp³-hybridized carbons (Fsp3) is 0.556. The zero-order valence-electron chi connectivity index (χ0n) is 15.0. The number of hydrogen-bond donors (Lipinski definition) is 1. The summed E-state index contributed by atoms with van der Waals surface area (Å²) in [6, 6.07) is 6.14. The maximum atomic E-state index is 11.5. The van der Waals surface area contributed by atoms with Crippen molar-refractivity contribution < 1.29 is 9.53 Å². The molecule has 0 saturated carbocycles. The monoisotopic (exact) mass is 383 g/mol. The van der Waals surface area contributed by atoms with Gasteiger partial charge in [-0.2, -0.15) is 0 Å². The third-order valence-electron chi connectivity index (χ3n) is 4.51. The number of benzene rings is 1. The lowest BCUT2D eigenvalue weighted by Gasteiger charge is -2.39. The van der Waals surface area contributed by atoms with Gasteiger partial charge in [-0.1, -0.05) is 17.7 Å². The van der Waals surface area contributed by atoms with Crippen LogP contribution in [0.1, 0.15) is 25.3 Å². The molecule has 0 bridgehead atoms. The molecule has 7 heteroatoms. The lowest BCUT2D eigenvalue weighted by Crippen LogP contribution is -2.50. The topological polar surface area (TPSA) is 44.8 Å². The lowest BCUT2D eigenvalue weighted by atomic mass is 10.0. The molecule has 1 aliphatic heterocycles. The van der Waals surface area contributed by atoms with E-state index in [9.17, 15) is 4.79 Å². The number of thiocarbonyl (C=S) groups is 1. The number of nitrogens with zero attached hydrogens (tertiary/aromatic N) is 2. The molecule has 0 aliphatic carbocycles. The summed E-state index contributed by atoms with van der Waals surface area (Å²) < 4.78 is 5.24. The summed E-state index contributed by atoms with van der Waals surface area (Å²) in [5.41, 5.74) is 1.91. The highest BCUT2D eigenvalue weighted by atomic mass is 35.5. The van der Waals surface area contributed by atoms with Crippen molar-refractivity contribution in [3.05, 3.63) is 28.8 Å². The number of ether oxygens (including phenoxy) is 1. The largest absolute Gasteiger partial charge is 0.383 e. The average Bonchev–Trinajstić information content (AvgIpc) is 2.58. The summed E-state index contributed by atoms with van der Waals surface area (Å²) in [5, 5.41) is 4.56. The Hall–Kier alpha value is -1.37. The number of aryl methyl sites for hydroxylation is 1. The van der Waals surface area contributed by atoms with Crippen molar-refractivity contribution in [3.63, 3.8) is 0 Å². The van der Waals surface area contributed by atoms with E-state index in [1.54, 1.807) is 14.0 Å². The maximum absolute atomic E-state index is 11.5. The normalized spacial score (nSPS) is 15.1. The molecule has 0 atom stereocenters. The molecule has 1 aromatic rings. The summed E-state index contributed by atoms with van der Waals surface area (Å²) >= 11 is 12.0. The molecule has 1 saturated heterocycles. The molecule has 1 aromatic carbocycles. The molecule has 138 valence electrons. The smallest absolute Gasteiger partial charge is 0.219 e. The minimum absolute atomic E-state index is 0.133. The summed E-state index contributed by atoms with van der Waals surface area (Å²) in [4.78, 5) is 15.6. The minimum atomic E-state index is 0.133. The van der Waals surface area contributed by atoms with Crippen LogP contribution in [-0.4, -0.2) is 60.2 Å². The summed E-state index contributed by atoms with van der Waals surface area (Å²) in [7, 11) is 1.68. The van der Waals surface area contributed by atoms with E-state index in [2.05, 4.69) is 10.2 Å². The highest BCUT2D eigenvalue weighted by Crippen LogP contribution is 2.24. The number of carbonyl (C=O) groups excluding carboxylic acids is 1. The van der Waals surface area contributed by atoms with Crippen LogP contribution in [0.4, 0.5) is 5.69 Å². The van der Waals surface area contributed by atoms with Crippen LogP contribution in [0.2, 0.25) is 5.02 Å². The van der Waals surface area contributed by atoms with Crippen molar-refractivity contribution in [1.82, 2.24) is 9.80 Å². The van der Waals surface area contributed by atoms with Crippen LogP contribution in [0, 0.1) is 6.92 Å². The lowest BCUT2D eigenvalue weighted by molar-refractivity contribution is -0.130. The Kier molecular flexibility index (Phi) is 7.47. The zero-order chi connectivity index (χ0) is 18.4. The van der Waals surface area contributed by atoms with E-state index in [1.807, 2.05) is 30.0 Å². The van der Waals surface area contributed by atoms with Gasteiger partial charge < -0.3 is 19.9 Å².